The molecule has 0 fully saturated rings. The van der Waals surface area contributed by atoms with Crippen LogP contribution in [0.5, 0.6) is 17.2 Å². The van der Waals surface area contributed by atoms with Gasteiger partial charge in [-0.15, -0.1) is 0 Å². The number of allylic oxidation sites excluding steroid dienone is 7. The fourth-order valence-electron chi connectivity index (χ4n) is 3.72. The first-order valence-corrected chi connectivity index (χ1v) is 9.10. The predicted octanol–water partition coefficient (Wildman–Crippen LogP) is 4.69. The van der Waals surface area contributed by atoms with Crippen LogP contribution >= 0.6 is 0 Å². The van der Waals surface area contributed by atoms with Crippen molar-refractivity contribution in [3.8, 4) is 17.2 Å². The molecule has 0 radical (unpaired) electrons. The maximum atomic E-state index is 5.82. The Morgan fingerprint density at radius 3 is 1.96 bits per heavy atom. The van der Waals surface area contributed by atoms with Crippen molar-refractivity contribution in [2.75, 3.05) is 35.5 Å². The predicted molar refractivity (Wildman–Crippen MR) is 111 cm³/mol. The van der Waals surface area contributed by atoms with E-state index in [2.05, 4.69) is 19.1 Å². The van der Waals surface area contributed by atoms with Gasteiger partial charge in [-0.3, -0.25) is 0 Å². The summed E-state index contributed by atoms with van der Waals surface area (Å²) in [5.74, 6) is 3.24. The fourth-order valence-corrected chi connectivity index (χ4v) is 3.72. The molecule has 5 nitrogen and oxygen atoms in total. The first kappa shape index (κ1) is 19.7. The summed E-state index contributed by atoms with van der Waals surface area (Å²) in [6.45, 7) is 2.10. The molecule has 2 aliphatic rings. The van der Waals surface area contributed by atoms with Gasteiger partial charge < -0.3 is 23.7 Å². The van der Waals surface area contributed by atoms with Crippen LogP contribution in [0, 0.1) is 0 Å². The molecule has 1 aromatic carbocycles. The van der Waals surface area contributed by atoms with E-state index in [-0.39, 0.29) is 0 Å². The second-order valence-corrected chi connectivity index (χ2v) is 6.23. The molecular weight excluding hydrogens is 356 g/mol. The topological polar surface area (TPSA) is 46.2 Å². The molecule has 2 aliphatic carbocycles. The van der Waals surface area contributed by atoms with Crippen molar-refractivity contribution in [1.29, 1.82) is 0 Å². The SMILES string of the molecule is CCc1c2c(c(OC)c(OC)c1OC)C1=CC=C(OC)C(OC)=CC1=CC=C2. The average Bonchev–Trinajstić information content (AvgIpc) is 3.01. The van der Waals surface area contributed by atoms with Crippen molar-refractivity contribution < 1.29 is 23.7 Å². The summed E-state index contributed by atoms with van der Waals surface area (Å²) in [5.41, 5.74) is 5.06. The molecule has 0 saturated carbocycles. The Balaban J connectivity index is 2.41. The van der Waals surface area contributed by atoms with Crippen LogP contribution in [0.15, 0.2) is 47.5 Å². The maximum absolute atomic E-state index is 5.82. The minimum absolute atomic E-state index is 0.590. The van der Waals surface area contributed by atoms with Gasteiger partial charge in [0.25, 0.3) is 0 Å². The Morgan fingerprint density at radius 1 is 0.714 bits per heavy atom. The van der Waals surface area contributed by atoms with Gasteiger partial charge in [0.05, 0.1) is 35.5 Å². The van der Waals surface area contributed by atoms with E-state index in [0.717, 1.165) is 34.3 Å². The quantitative estimate of drug-likeness (QED) is 0.715. The molecule has 28 heavy (non-hydrogen) atoms. The molecule has 0 saturated heterocycles. The molecule has 3 rings (SSSR count). The van der Waals surface area contributed by atoms with Crippen molar-refractivity contribution in [2.45, 2.75) is 13.3 Å². The van der Waals surface area contributed by atoms with Crippen LogP contribution < -0.4 is 14.2 Å². The summed E-state index contributed by atoms with van der Waals surface area (Å²) in [6.07, 6.45) is 12.8. The molecule has 1 aromatic rings. The van der Waals surface area contributed by atoms with Crippen LogP contribution in [0.2, 0.25) is 0 Å². The van der Waals surface area contributed by atoms with Gasteiger partial charge in [-0.2, -0.15) is 0 Å². The van der Waals surface area contributed by atoms with Crippen molar-refractivity contribution >= 4 is 11.6 Å². The standard InChI is InChI=1S/C23H26O5/c1-7-15-17-10-8-9-14-13-19(25-3)18(24-2)12-11-16(14)20(17)22(27-5)23(28-6)21(15)26-4/h8-13H,7H2,1-6H3. The average molecular weight is 382 g/mol. The van der Waals surface area contributed by atoms with E-state index in [1.54, 1.807) is 35.5 Å². The lowest BCUT2D eigenvalue weighted by atomic mass is 9.89. The second kappa shape index (κ2) is 8.30. The van der Waals surface area contributed by atoms with Crippen LogP contribution in [-0.4, -0.2) is 35.5 Å². The second-order valence-electron chi connectivity index (χ2n) is 6.23. The lowest BCUT2D eigenvalue weighted by Crippen LogP contribution is -2.06. The number of benzene rings is 1. The molecule has 0 bridgehead atoms. The first-order chi connectivity index (χ1) is 13.6. The number of fused-ring (bicyclic) bond motifs is 3. The molecule has 0 N–H and O–H groups in total. The lowest BCUT2D eigenvalue weighted by Gasteiger charge is -2.23. The highest BCUT2D eigenvalue weighted by molar-refractivity contribution is 5.95. The molecule has 0 heterocycles. The summed E-state index contributed by atoms with van der Waals surface area (Å²) in [6, 6.07) is 0. The summed E-state index contributed by atoms with van der Waals surface area (Å²) in [5, 5.41) is 0. The molecule has 0 aliphatic heterocycles. The van der Waals surface area contributed by atoms with E-state index in [9.17, 15) is 0 Å². The van der Waals surface area contributed by atoms with E-state index in [4.69, 9.17) is 23.7 Å². The van der Waals surface area contributed by atoms with Gasteiger partial charge in [-0.1, -0.05) is 25.2 Å². The molecule has 0 amide bonds. The highest BCUT2D eigenvalue weighted by Crippen LogP contribution is 2.51. The molecule has 0 atom stereocenters. The Morgan fingerprint density at radius 2 is 1.39 bits per heavy atom. The zero-order valence-corrected chi connectivity index (χ0v) is 17.2. The monoisotopic (exact) mass is 382 g/mol. The highest BCUT2D eigenvalue weighted by atomic mass is 16.5. The summed E-state index contributed by atoms with van der Waals surface area (Å²) < 4.78 is 28.2. The van der Waals surface area contributed by atoms with E-state index >= 15 is 0 Å². The summed E-state index contributed by atoms with van der Waals surface area (Å²) in [7, 11) is 8.19. The Kier molecular flexibility index (Phi) is 5.83. The third-order valence-corrected chi connectivity index (χ3v) is 4.96. The van der Waals surface area contributed by atoms with Crippen molar-refractivity contribution in [1.82, 2.24) is 0 Å². The van der Waals surface area contributed by atoms with Gasteiger partial charge >= 0.3 is 0 Å². The molecule has 5 heteroatoms. The summed E-state index contributed by atoms with van der Waals surface area (Å²) >= 11 is 0. The van der Waals surface area contributed by atoms with Crippen molar-refractivity contribution in [3.63, 3.8) is 0 Å². The van der Waals surface area contributed by atoms with Gasteiger partial charge in [-0.25, -0.2) is 0 Å². The third-order valence-electron chi connectivity index (χ3n) is 4.96. The van der Waals surface area contributed by atoms with Gasteiger partial charge in [0.1, 0.15) is 0 Å². The molecule has 148 valence electrons. The van der Waals surface area contributed by atoms with E-state index in [1.807, 2.05) is 24.3 Å². The Hall–Kier alpha value is -3.08. The van der Waals surface area contributed by atoms with Crippen molar-refractivity contribution in [3.05, 3.63) is 64.2 Å². The van der Waals surface area contributed by atoms with Crippen LogP contribution in [0.4, 0.5) is 0 Å². The van der Waals surface area contributed by atoms with E-state index in [0.29, 0.717) is 28.8 Å². The Labute approximate surface area is 166 Å². The van der Waals surface area contributed by atoms with Gasteiger partial charge in [0, 0.05) is 11.1 Å². The van der Waals surface area contributed by atoms with Gasteiger partial charge in [0.2, 0.25) is 5.75 Å². The van der Waals surface area contributed by atoms with Crippen LogP contribution in [0.3, 0.4) is 0 Å². The molecule has 0 unspecified atom stereocenters. The van der Waals surface area contributed by atoms with Crippen LogP contribution in [0.1, 0.15) is 23.6 Å². The fraction of sp³-hybridized carbons (Fsp3) is 0.304. The van der Waals surface area contributed by atoms with Gasteiger partial charge in [0.15, 0.2) is 23.0 Å². The van der Waals surface area contributed by atoms with E-state index in [1.165, 1.54) is 0 Å². The van der Waals surface area contributed by atoms with Gasteiger partial charge in [-0.05, 0) is 41.4 Å². The smallest absolute Gasteiger partial charge is 0.204 e. The Bertz CT molecular complexity index is 929. The number of hydrogen-bond donors (Lipinski definition) is 0. The summed E-state index contributed by atoms with van der Waals surface area (Å²) in [4.78, 5) is 0. The van der Waals surface area contributed by atoms with Crippen LogP contribution in [-0.2, 0) is 15.9 Å². The first-order valence-electron chi connectivity index (χ1n) is 9.10. The third kappa shape index (κ3) is 3.07. The zero-order chi connectivity index (χ0) is 20.3. The molecule has 0 aromatic heterocycles. The normalized spacial score (nSPS) is 14.9. The van der Waals surface area contributed by atoms with Crippen LogP contribution in [0.25, 0.3) is 11.6 Å². The highest BCUT2D eigenvalue weighted by Gasteiger charge is 2.29. The number of rotatable bonds is 6. The maximum Gasteiger partial charge on any atom is 0.204 e. The largest absolute Gasteiger partial charge is 0.493 e. The minimum atomic E-state index is 0.590. The minimum Gasteiger partial charge on any atom is -0.493 e. The number of methoxy groups -OCH3 is 5. The number of hydrogen-bond acceptors (Lipinski definition) is 5. The number of ether oxygens (including phenoxy) is 5. The molecule has 0 spiro atoms. The zero-order valence-electron chi connectivity index (χ0n) is 17.2. The van der Waals surface area contributed by atoms with Crippen molar-refractivity contribution in [2.24, 2.45) is 0 Å². The van der Waals surface area contributed by atoms with E-state index < -0.39 is 0 Å². The molecular formula is C23H26O5. The lowest BCUT2D eigenvalue weighted by molar-refractivity contribution is 0.220.